The van der Waals surface area contributed by atoms with Crippen LogP contribution in [0.3, 0.4) is 0 Å². The first kappa shape index (κ1) is 11.8. The first-order valence-corrected chi connectivity index (χ1v) is 6.08. The number of rotatable bonds is 2. The predicted octanol–water partition coefficient (Wildman–Crippen LogP) is 2.00. The Morgan fingerprint density at radius 2 is 1.76 bits per heavy atom. The van der Waals surface area contributed by atoms with Crippen LogP contribution >= 0.6 is 0 Å². The molecule has 92 valence electrons. The molecule has 0 atom stereocenters. The van der Waals surface area contributed by atoms with Gasteiger partial charge in [-0.25, -0.2) is 0 Å². The van der Waals surface area contributed by atoms with E-state index in [4.69, 9.17) is 17.2 Å². The van der Waals surface area contributed by atoms with E-state index in [2.05, 4.69) is 0 Å². The molecular weight excluding hydrogens is 214 g/mol. The van der Waals surface area contributed by atoms with Gasteiger partial charge in [0.25, 0.3) is 0 Å². The molecule has 4 heteroatoms. The summed E-state index contributed by atoms with van der Waals surface area (Å²) in [5.74, 6) is -0.0866. The number of nitrogens with two attached hydrogens (primary N) is 3. The number of amides is 1. The molecule has 17 heavy (non-hydrogen) atoms. The predicted molar refractivity (Wildman–Crippen MR) is 69.6 cm³/mol. The van der Waals surface area contributed by atoms with Crippen molar-refractivity contribution in [3.63, 3.8) is 0 Å². The number of carbonyl (C=O) groups is 1. The van der Waals surface area contributed by atoms with E-state index in [1.807, 2.05) is 0 Å². The molecule has 1 amide bonds. The van der Waals surface area contributed by atoms with Crippen LogP contribution in [0.5, 0.6) is 0 Å². The second kappa shape index (κ2) is 4.65. The third-order valence-corrected chi connectivity index (χ3v) is 3.51. The highest BCUT2D eigenvalue weighted by molar-refractivity contribution is 5.97. The minimum absolute atomic E-state index is 0.354. The fraction of sp³-hybridized carbons (Fsp3) is 0.462. The van der Waals surface area contributed by atoms with Crippen LogP contribution in [0.1, 0.15) is 53.9 Å². The van der Waals surface area contributed by atoms with E-state index in [0.29, 0.717) is 22.9 Å². The smallest absolute Gasteiger partial charge is 0.249 e. The van der Waals surface area contributed by atoms with Gasteiger partial charge in [-0.15, -0.1) is 0 Å². The van der Waals surface area contributed by atoms with E-state index >= 15 is 0 Å². The van der Waals surface area contributed by atoms with Crippen LogP contribution in [-0.4, -0.2) is 5.91 Å². The first-order chi connectivity index (χ1) is 8.09. The summed E-state index contributed by atoms with van der Waals surface area (Å²) in [6.45, 7) is 0. The molecule has 1 aromatic rings. The van der Waals surface area contributed by atoms with Gasteiger partial charge in [0.2, 0.25) is 5.91 Å². The van der Waals surface area contributed by atoms with Gasteiger partial charge in [0.15, 0.2) is 0 Å². The van der Waals surface area contributed by atoms with E-state index in [1.54, 1.807) is 12.1 Å². The summed E-state index contributed by atoms with van der Waals surface area (Å²) in [6.07, 6.45) is 5.79. The minimum Gasteiger partial charge on any atom is -0.399 e. The van der Waals surface area contributed by atoms with Gasteiger partial charge in [0.05, 0.1) is 0 Å². The summed E-state index contributed by atoms with van der Waals surface area (Å²) in [6, 6.07) is 3.36. The van der Waals surface area contributed by atoms with Crippen LogP contribution in [0.25, 0.3) is 0 Å². The van der Waals surface area contributed by atoms with Crippen LogP contribution in [0.2, 0.25) is 0 Å². The number of hydrogen-bond donors (Lipinski definition) is 3. The number of benzene rings is 1. The average molecular weight is 233 g/mol. The molecule has 0 aromatic heterocycles. The molecule has 0 aliphatic heterocycles. The van der Waals surface area contributed by atoms with Crippen LogP contribution in [0.4, 0.5) is 11.4 Å². The van der Waals surface area contributed by atoms with Gasteiger partial charge in [-0.05, 0) is 36.5 Å². The lowest BCUT2D eigenvalue weighted by Gasteiger charge is -2.25. The maximum absolute atomic E-state index is 11.5. The second-order valence-corrected chi connectivity index (χ2v) is 4.77. The van der Waals surface area contributed by atoms with Gasteiger partial charge in [0, 0.05) is 16.9 Å². The van der Waals surface area contributed by atoms with Crippen molar-refractivity contribution in [3.8, 4) is 0 Å². The molecule has 0 unspecified atom stereocenters. The zero-order chi connectivity index (χ0) is 12.4. The Labute approximate surface area is 101 Å². The maximum Gasteiger partial charge on any atom is 0.249 e. The number of hydrogen-bond acceptors (Lipinski definition) is 3. The molecule has 0 spiro atoms. The van der Waals surface area contributed by atoms with Crippen LogP contribution in [-0.2, 0) is 0 Å². The van der Waals surface area contributed by atoms with Crippen molar-refractivity contribution < 1.29 is 4.79 Å². The standard InChI is InChI=1S/C13H19N3O/c14-9-6-10(13(16)17)12(11(15)7-9)8-4-2-1-3-5-8/h6-8H,1-5,14-15H2,(H2,16,17). The lowest BCUT2D eigenvalue weighted by atomic mass is 9.81. The summed E-state index contributed by atoms with van der Waals surface area (Å²) in [5.41, 5.74) is 19.6. The van der Waals surface area contributed by atoms with Crippen molar-refractivity contribution in [1.29, 1.82) is 0 Å². The van der Waals surface area contributed by atoms with E-state index in [9.17, 15) is 4.79 Å². The van der Waals surface area contributed by atoms with Gasteiger partial charge in [-0.3, -0.25) is 4.79 Å². The molecule has 4 nitrogen and oxygen atoms in total. The number of primary amides is 1. The Balaban J connectivity index is 2.46. The summed E-state index contributed by atoms with van der Waals surface area (Å²) >= 11 is 0. The molecule has 1 aliphatic rings. The molecule has 0 bridgehead atoms. The fourth-order valence-corrected chi connectivity index (χ4v) is 2.75. The average Bonchev–Trinajstić information content (AvgIpc) is 2.29. The van der Waals surface area contributed by atoms with Crippen molar-refractivity contribution in [3.05, 3.63) is 23.3 Å². The highest BCUT2D eigenvalue weighted by Gasteiger charge is 2.23. The molecule has 0 saturated heterocycles. The molecule has 1 saturated carbocycles. The summed E-state index contributed by atoms with van der Waals surface area (Å²) < 4.78 is 0. The molecule has 1 aliphatic carbocycles. The lowest BCUT2D eigenvalue weighted by molar-refractivity contribution is 0.0998. The zero-order valence-electron chi connectivity index (χ0n) is 9.91. The van der Waals surface area contributed by atoms with Crippen molar-refractivity contribution in [1.82, 2.24) is 0 Å². The summed E-state index contributed by atoms with van der Waals surface area (Å²) in [5, 5.41) is 0. The summed E-state index contributed by atoms with van der Waals surface area (Å²) in [7, 11) is 0. The molecule has 1 fully saturated rings. The van der Waals surface area contributed by atoms with E-state index in [0.717, 1.165) is 18.4 Å². The Hall–Kier alpha value is -1.71. The SMILES string of the molecule is NC(=O)c1cc(N)cc(N)c1C1CCCCC1. The van der Waals surface area contributed by atoms with Gasteiger partial charge in [0.1, 0.15) is 0 Å². The highest BCUT2D eigenvalue weighted by Crippen LogP contribution is 2.38. The Morgan fingerprint density at radius 1 is 1.12 bits per heavy atom. The van der Waals surface area contributed by atoms with Crippen molar-refractivity contribution >= 4 is 17.3 Å². The highest BCUT2D eigenvalue weighted by atomic mass is 16.1. The Morgan fingerprint density at radius 3 is 2.35 bits per heavy atom. The maximum atomic E-state index is 11.5. The van der Waals surface area contributed by atoms with Gasteiger partial charge < -0.3 is 17.2 Å². The normalized spacial score (nSPS) is 16.9. The fourth-order valence-electron chi connectivity index (χ4n) is 2.75. The van der Waals surface area contributed by atoms with E-state index in [1.165, 1.54) is 19.3 Å². The largest absolute Gasteiger partial charge is 0.399 e. The molecule has 6 N–H and O–H groups in total. The van der Waals surface area contributed by atoms with Crippen LogP contribution in [0, 0.1) is 0 Å². The zero-order valence-corrected chi connectivity index (χ0v) is 9.91. The Kier molecular flexibility index (Phi) is 3.22. The van der Waals surface area contributed by atoms with E-state index in [-0.39, 0.29) is 0 Å². The van der Waals surface area contributed by atoms with Crippen LogP contribution < -0.4 is 17.2 Å². The molecule has 1 aromatic carbocycles. The third kappa shape index (κ3) is 2.35. The first-order valence-electron chi connectivity index (χ1n) is 6.08. The second-order valence-electron chi connectivity index (χ2n) is 4.77. The van der Waals surface area contributed by atoms with Crippen molar-refractivity contribution in [2.45, 2.75) is 38.0 Å². The minimum atomic E-state index is -0.440. The molecule has 0 heterocycles. The quantitative estimate of drug-likeness (QED) is 0.682. The van der Waals surface area contributed by atoms with E-state index < -0.39 is 5.91 Å². The van der Waals surface area contributed by atoms with Gasteiger partial charge in [-0.2, -0.15) is 0 Å². The molecule has 0 radical (unpaired) electrons. The monoisotopic (exact) mass is 233 g/mol. The van der Waals surface area contributed by atoms with Crippen molar-refractivity contribution in [2.75, 3.05) is 11.5 Å². The van der Waals surface area contributed by atoms with Crippen molar-refractivity contribution in [2.24, 2.45) is 5.73 Å². The van der Waals surface area contributed by atoms with Gasteiger partial charge >= 0.3 is 0 Å². The third-order valence-electron chi connectivity index (χ3n) is 3.51. The molecular formula is C13H19N3O. The number of anilines is 2. The number of nitrogen functional groups attached to an aromatic ring is 2. The van der Waals surface area contributed by atoms with Crippen LogP contribution in [0.15, 0.2) is 12.1 Å². The topological polar surface area (TPSA) is 95.1 Å². The number of carbonyl (C=O) groups excluding carboxylic acids is 1. The summed E-state index contributed by atoms with van der Waals surface area (Å²) in [4.78, 5) is 11.5. The lowest BCUT2D eigenvalue weighted by Crippen LogP contribution is -2.19. The van der Waals surface area contributed by atoms with Gasteiger partial charge in [-0.1, -0.05) is 19.3 Å². The Bertz CT molecular complexity index is 437. The molecule has 2 rings (SSSR count).